The summed E-state index contributed by atoms with van der Waals surface area (Å²) in [6, 6.07) is 4.24. The zero-order valence-electron chi connectivity index (χ0n) is 11.5. The molecule has 2 rings (SSSR count). The van der Waals surface area contributed by atoms with Crippen molar-refractivity contribution in [3.63, 3.8) is 0 Å². The molecule has 1 unspecified atom stereocenters. The van der Waals surface area contributed by atoms with Crippen molar-refractivity contribution in [1.29, 1.82) is 0 Å². The van der Waals surface area contributed by atoms with Crippen molar-refractivity contribution in [2.75, 3.05) is 0 Å². The largest absolute Gasteiger partial charge is 0.481 e. The van der Waals surface area contributed by atoms with Gasteiger partial charge in [-0.3, -0.25) is 4.79 Å². The maximum Gasteiger partial charge on any atom is 0.311 e. The van der Waals surface area contributed by atoms with Crippen LogP contribution < -0.4 is 0 Å². The van der Waals surface area contributed by atoms with Crippen molar-refractivity contribution >= 4 is 17.6 Å². The Morgan fingerprint density at radius 2 is 2.24 bits per heavy atom. The van der Waals surface area contributed by atoms with Crippen LogP contribution in [0.3, 0.4) is 0 Å². The van der Waals surface area contributed by atoms with Gasteiger partial charge in [0.2, 0.25) is 0 Å². The molecule has 1 heterocycles. The van der Waals surface area contributed by atoms with Crippen LogP contribution in [0.25, 0.3) is 11.4 Å². The maximum absolute atomic E-state index is 14.0. The highest BCUT2D eigenvalue weighted by atomic mass is 35.5. The van der Waals surface area contributed by atoms with Gasteiger partial charge in [0.1, 0.15) is 5.82 Å². The molecule has 0 aliphatic carbocycles. The van der Waals surface area contributed by atoms with Crippen molar-refractivity contribution in [3.8, 4) is 11.4 Å². The number of aliphatic carboxylic acids is 1. The number of nitrogens with zero attached hydrogens (tertiary/aromatic N) is 4. The Balaban J connectivity index is 2.47. The minimum Gasteiger partial charge on any atom is -0.481 e. The summed E-state index contributed by atoms with van der Waals surface area (Å²) in [6.45, 7) is 3.36. The van der Waals surface area contributed by atoms with Gasteiger partial charge in [0.05, 0.1) is 22.5 Å². The van der Waals surface area contributed by atoms with Crippen LogP contribution in [0.2, 0.25) is 5.02 Å². The molecule has 1 aromatic heterocycles. The summed E-state index contributed by atoms with van der Waals surface area (Å²) < 4.78 is 15.2. The fraction of sp³-hybridized carbons (Fsp3) is 0.385. The summed E-state index contributed by atoms with van der Waals surface area (Å²) in [5.74, 6) is -1.42. The number of halogens is 2. The number of carbonyl (C=O) groups is 1. The highest BCUT2D eigenvalue weighted by Crippen LogP contribution is 2.31. The molecule has 0 saturated heterocycles. The van der Waals surface area contributed by atoms with Gasteiger partial charge in [-0.05, 0) is 35.9 Å². The second-order valence-electron chi connectivity index (χ2n) is 4.98. The fourth-order valence-electron chi connectivity index (χ4n) is 1.86. The van der Waals surface area contributed by atoms with Gasteiger partial charge in [0.25, 0.3) is 0 Å². The molecule has 0 saturated carbocycles. The number of tetrazole rings is 1. The lowest BCUT2D eigenvalue weighted by molar-refractivity contribution is -0.149. The van der Waals surface area contributed by atoms with Crippen LogP contribution >= 0.6 is 11.6 Å². The summed E-state index contributed by atoms with van der Waals surface area (Å²) in [5, 5.41) is 20.5. The van der Waals surface area contributed by atoms with Crippen molar-refractivity contribution in [2.45, 2.75) is 26.8 Å². The minimum absolute atomic E-state index is 0.0197. The van der Waals surface area contributed by atoms with Crippen molar-refractivity contribution in [2.24, 2.45) is 5.41 Å². The third kappa shape index (κ3) is 2.87. The lowest BCUT2D eigenvalue weighted by Crippen LogP contribution is -2.32. The first-order chi connectivity index (χ1) is 9.89. The van der Waals surface area contributed by atoms with Crippen LogP contribution in [0.1, 0.15) is 20.3 Å². The van der Waals surface area contributed by atoms with Gasteiger partial charge in [0.15, 0.2) is 5.82 Å². The van der Waals surface area contributed by atoms with E-state index in [2.05, 4.69) is 15.5 Å². The predicted octanol–water partition coefficient (Wildman–Crippen LogP) is 2.63. The topological polar surface area (TPSA) is 80.9 Å². The Hall–Kier alpha value is -2.02. The molecule has 0 aliphatic heterocycles. The number of hydrogen-bond acceptors (Lipinski definition) is 4. The summed E-state index contributed by atoms with van der Waals surface area (Å²) in [4.78, 5) is 11.4. The van der Waals surface area contributed by atoms with Crippen molar-refractivity contribution in [1.82, 2.24) is 20.2 Å². The minimum atomic E-state index is -1.05. The number of carboxylic acid groups (broad SMARTS) is 1. The molecule has 1 N–H and O–H groups in total. The van der Waals surface area contributed by atoms with Crippen LogP contribution in [-0.4, -0.2) is 31.3 Å². The van der Waals surface area contributed by atoms with Crippen LogP contribution in [0.5, 0.6) is 0 Å². The third-order valence-electron chi connectivity index (χ3n) is 3.51. The van der Waals surface area contributed by atoms with Gasteiger partial charge < -0.3 is 5.11 Å². The van der Waals surface area contributed by atoms with Crippen LogP contribution in [0.15, 0.2) is 18.2 Å². The zero-order chi connectivity index (χ0) is 15.6. The normalized spacial score (nSPS) is 13.9. The van der Waals surface area contributed by atoms with E-state index in [-0.39, 0.29) is 23.0 Å². The van der Waals surface area contributed by atoms with E-state index in [9.17, 15) is 14.3 Å². The van der Waals surface area contributed by atoms with E-state index in [4.69, 9.17) is 11.6 Å². The molecule has 0 bridgehead atoms. The Morgan fingerprint density at radius 3 is 2.81 bits per heavy atom. The number of hydrogen-bond donors (Lipinski definition) is 1. The Bertz CT molecular complexity index is 656. The molecular formula is C13H14ClFN4O2. The molecule has 0 spiro atoms. The molecule has 2 aromatic rings. The number of carboxylic acids is 1. The standard InChI is InChI=1S/C13H14ClFN4O2/c1-3-13(2,12(20)21)7-19-11(16-17-18-19)10-8(14)5-4-6-9(10)15/h4-6H,3,7H2,1-2H3,(H,20,21). The predicted molar refractivity (Wildman–Crippen MR) is 74.3 cm³/mol. The molecule has 112 valence electrons. The van der Waals surface area contributed by atoms with Gasteiger partial charge in [-0.1, -0.05) is 24.6 Å². The second-order valence-corrected chi connectivity index (χ2v) is 5.38. The fourth-order valence-corrected chi connectivity index (χ4v) is 2.11. The van der Waals surface area contributed by atoms with E-state index in [1.807, 2.05) is 0 Å². The van der Waals surface area contributed by atoms with E-state index < -0.39 is 17.2 Å². The molecule has 21 heavy (non-hydrogen) atoms. The monoisotopic (exact) mass is 312 g/mol. The smallest absolute Gasteiger partial charge is 0.311 e. The van der Waals surface area contributed by atoms with E-state index in [0.29, 0.717) is 6.42 Å². The molecular weight excluding hydrogens is 299 g/mol. The first-order valence-corrected chi connectivity index (χ1v) is 6.71. The van der Waals surface area contributed by atoms with Gasteiger partial charge in [-0.15, -0.1) is 5.10 Å². The molecule has 0 aliphatic rings. The van der Waals surface area contributed by atoms with Gasteiger partial charge in [-0.25, -0.2) is 9.07 Å². The number of benzene rings is 1. The maximum atomic E-state index is 14.0. The lowest BCUT2D eigenvalue weighted by Gasteiger charge is -2.23. The Labute approximate surface area is 125 Å². The lowest BCUT2D eigenvalue weighted by atomic mass is 9.88. The highest BCUT2D eigenvalue weighted by molar-refractivity contribution is 6.33. The van der Waals surface area contributed by atoms with Crippen LogP contribution in [-0.2, 0) is 11.3 Å². The van der Waals surface area contributed by atoms with Gasteiger partial charge in [0, 0.05) is 0 Å². The van der Waals surface area contributed by atoms with E-state index in [0.717, 1.165) is 0 Å². The van der Waals surface area contributed by atoms with Gasteiger partial charge >= 0.3 is 5.97 Å². The first kappa shape index (κ1) is 15.4. The second kappa shape index (κ2) is 5.77. The van der Waals surface area contributed by atoms with E-state index in [1.165, 1.54) is 22.9 Å². The molecule has 1 aromatic carbocycles. The van der Waals surface area contributed by atoms with Gasteiger partial charge in [-0.2, -0.15) is 0 Å². The zero-order valence-corrected chi connectivity index (χ0v) is 12.3. The summed E-state index contributed by atoms with van der Waals surface area (Å²) in [6.07, 6.45) is 0.382. The third-order valence-corrected chi connectivity index (χ3v) is 3.83. The van der Waals surface area contributed by atoms with Crippen LogP contribution in [0.4, 0.5) is 4.39 Å². The van der Waals surface area contributed by atoms with E-state index >= 15 is 0 Å². The quantitative estimate of drug-likeness (QED) is 0.918. The SMILES string of the molecule is CCC(C)(Cn1nnnc1-c1c(F)cccc1Cl)C(=O)O. The Morgan fingerprint density at radius 1 is 1.52 bits per heavy atom. The molecule has 1 atom stereocenters. The average Bonchev–Trinajstić information content (AvgIpc) is 2.86. The summed E-state index contributed by atoms with van der Waals surface area (Å²) in [7, 11) is 0. The van der Waals surface area contributed by atoms with Crippen LogP contribution in [0, 0.1) is 11.2 Å². The average molecular weight is 313 g/mol. The first-order valence-electron chi connectivity index (χ1n) is 6.33. The molecule has 8 heteroatoms. The van der Waals surface area contributed by atoms with Crippen molar-refractivity contribution in [3.05, 3.63) is 29.0 Å². The van der Waals surface area contributed by atoms with E-state index in [1.54, 1.807) is 13.8 Å². The molecule has 0 fully saturated rings. The number of aromatic nitrogens is 4. The Kier molecular flexibility index (Phi) is 4.22. The summed E-state index contributed by atoms with van der Waals surface area (Å²) in [5.41, 5.74) is -0.991. The number of rotatable bonds is 5. The molecule has 6 nitrogen and oxygen atoms in total. The summed E-state index contributed by atoms with van der Waals surface area (Å²) >= 11 is 6.00. The van der Waals surface area contributed by atoms with Crippen molar-refractivity contribution < 1.29 is 14.3 Å². The highest BCUT2D eigenvalue weighted by Gasteiger charge is 2.33. The molecule has 0 radical (unpaired) electrons. The molecule has 0 amide bonds.